The highest BCUT2D eigenvalue weighted by molar-refractivity contribution is 9.10. The van der Waals surface area contributed by atoms with Gasteiger partial charge in [-0.2, -0.15) is 0 Å². The molecule has 1 N–H and O–H groups in total. The number of rotatable bonds is 4. The van der Waals surface area contributed by atoms with Gasteiger partial charge in [0, 0.05) is 4.47 Å². The van der Waals surface area contributed by atoms with Crippen molar-refractivity contribution < 1.29 is 22.7 Å². The van der Waals surface area contributed by atoms with Gasteiger partial charge in [0.05, 0.1) is 16.2 Å². The van der Waals surface area contributed by atoms with Crippen LogP contribution in [0.15, 0.2) is 51.8 Å². The van der Waals surface area contributed by atoms with Crippen molar-refractivity contribution in [2.75, 3.05) is 0 Å². The molecular weight excluding hydrogens is 363 g/mol. The van der Waals surface area contributed by atoms with Gasteiger partial charge in [0.2, 0.25) is 0 Å². The second-order valence-corrected chi connectivity index (χ2v) is 7.15. The van der Waals surface area contributed by atoms with E-state index in [-0.39, 0.29) is 20.7 Å². The quantitative estimate of drug-likeness (QED) is 0.893. The molecule has 0 aliphatic carbocycles. The van der Waals surface area contributed by atoms with Gasteiger partial charge in [-0.3, -0.25) is 0 Å². The van der Waals surface area contributed by atoms with Gasteiger partial charge in [0.15, 0.2) is 9.84 Å². The lowest BCUT2D eigenvalue weighted by Crippen LogP contribution is -2.08. The summed E-state index contributed by atoms with van der Waals surface area (Å²) < 4.78 is 37.8. The van der Waals surface area contributed by atoms with Gasteiger partial charge in [-0.05, 0) is 51.8 Å². The molecule has 21 heavy (non-hydrogen) atoms. The first-order valence-electron chi connectivity index (χ1n) is 5.79. The van der Waals surface area contributed by atoms with Crippen molar-refractivity contribution in [2.24, 2.45) is 0 Å². The van der Waals surface area contributed by atoms with Crippen LogP contribution in [0, 0.1) is 5.82 Å². The minimum Gasteiger partial charge on any atom is -0.478 e. The third-order valence-corrected chi connectivity index (χ3v) is 5.46. The van der Waals surface area contributed by atoms with E-state index in [1.807, 2.05) is 0 Å². The predicted molar refractivity (Wildman–Crippen MR) is 78.4 cm³/mol. The molecule has 7 heteroatoms. The van der Waals surface area contributed by atoms with Crippen molar-refractivity contribution in [2.45, 2.75) is 10.6 Å². The van der Waals surface area contributed by atoms with E-state index in [2.05, 4.69) is 15.9 Å². The van der Waals surface area contributed by atoms with Gasteiger partial charge in [0.1, 0.15) is 5.82 Å². The Bertz CT molecular complexity index is 785. The molecule has 4 nitrogen and oxygen atoms in total. The SMILES string of the molecule is O=C(O)c1ccc(Br)c(S(=O)(=O)Cc2ccc(F)cc2)c1. The first kappa shape index (κ1) is 15.7. The summed E-state index contributed by atoms with van der Waals surface area (Å²) in [6.45, 7) is 0. The number of hydrogen-bond acceptors (Lipinski definition) is 3. The van der Waals surface area contributed by atoms with Crippen LogP contribution >= 0.6 is 15.9 Å². The number of carboxylic acids is 1. The van der Waals surface area contributed by atoms with Crippen LogP contribution in [0.3, 0.4) is 0 Å². The van der Waals surface area contributed by atoms with Crippen LogP contribution < -0.4 is 0 Å². The second-order valence-electron chi connectivity index (χ2n) is 4.34. The maximum Gasteiger partial charge on any atom is 0.335 e. The summed E-state index contributed by atoms with van der Waals surface area (Å²) in [5.41, 5.74) is 0.305. The lowest BCUT2D eigenvalue weighted by molar-refractivity contribution is 0.0696. The van der Waals surface area contributed by atoms with E-state index in [9.17, 15) is 17.6 Å². The van der Waals surface area contributed by atoms with Gasteiger partial charge in [-0.1, -0.05) is 12.1 Å². The van der Waals surface area contributed by atoms with Crippen molar-refractivity contribution in [1.29, 1.82) is 0 Å². The van der Waals surface area contributed by atoms with Crippen LogP contribution in [-0.2, 0) is 15.6 Å². The fraction of sp³-hybridized carbons (Fsp3) is 0.0714. The molecule has 0 saturated heterocycles. The molecular formula is C14H10BrFO4S. The van der Waals surface area contributed by atoms with Gasteiger partial charge in [-0.15, -0.1) is 0 Å². The number of benzene rings is 2. The Morgan fingerprint density at radius 3 is 2.33 bits per heavy atom. The highest BCUT2D eigenvalue weighted by Crippen LogP contribution is 2.26. The molecule has 0 fully saturated rings. The molecule has 0 spiro atoms. The molecule has 0 heterocycles. The van der Waals surface area contributed by atoms with E-state index in [4.69, 9.17) is 5.11 Å². The monoisotopic (exact) mass is 372 g/mol. The maximum absolute atomic E-state index is 12.8. The van der Waals surface area contributed by atoms with E-state index in [0.717, 1.165) is 6.07 Å². The Kier molecular flexibility index (Phi) is 4.43. The topological polar surface area (TPSA) is 71.4 Å². The zero-order valence-electron chi connectivity index (χ0n) is 10.6. The number of sulfone groups is 1. The van der Waals surface area contributed by atoms with Crippen LogP contribution in [-0.4, -0.2) is 19.5 Å². The Hall–Kier alpha value is -1.73. The van der Waals surface area contributed by atoms with Gasteiger partial charge in [0.25, 0.3) is 0 Å². The number of carboxylic acid groups (broad SMARTS) is 1. The molecule has 0 aliphatic heterocycles. The van der Waals surface area contributed by atoms with Crippen molar-refractivity contribution in [3.05, 3.63) is 63.9 Å². The summed E-state index contributed by atoms with van der Waals surface area (Å²) in [4.78, 5) is 10.8. The first-order chi connectivity index (χ1) is 9.79. The fourth-order valence-electron chi connectivity index (χ4n) is 1.75. The molecule has 0 aromatic heterocycles. The molecule has 2 aromatic rings. The number of carbonyl (C=O) groups is 1. The summed E-state index contributed by atoms with van der Waals surface area (Å²) >= 11 is 3.11. The average Bonchev–Trinajstić information content (AvgIpc) is 2.41. The molecule has 2 rings (SSSR count). The Morgan fingerprint density at radius 2 is 1.76 bits per heavy atom. The van der Waals surface area contributed by atoms with E-state index in [1.165, 1.54) is 36.4 Å². The molecule has 0 atom stereocenters. The summed E-state index contributed by atoms with van der Waals surface area (Å²) in [5, 5.41) is 8.93. The van der Waals surface area contributed by atoms with Crippen molar-refractivity contribution in [3.63, 3.8) is 0 Å². The summed E-state index contributed by atoms with van der Waals surface area (Å²) in [6, 6.07) is 8.89. The largest absolute Gasteiger partial charge is 0.478 e. The van der Waals surface area contributed by atoms with Crippen molar-refractivity contribution >= 4 is 31.7 Å². The smallest absolute Gasteiger partial charge is 0.335 e. The molecule has 2 aromatic carbocycles. The number of halogens is 2. The Morgan fingerprint density at radius 1 is 1.14 bits per heavy atom. The lowest BCUT2D eigenvalue weighted by Gasteiger charge is -2.08. The molecule has 0 unspecified atom stereocenters. The summed E-state index contributed by atoms with van der Waals surface area (Å²) in [5.74, 6) is -2.00. The third-order valence-electron chi connectivity index (χ3n) is 2.78. The van der Waals surface area contributed by atoms with E-state index < -0.39 is 21.6 Å². The van der Waals surface area contributed by atoms with Crippen LogP contribution in [0.5, 0.6) is 0 Å². The van der Waals surface area contributed by atoms with E-state index >= 15 is 0 Å². The first-order valence-corrected chi connectivity index (χ1v) is 8.24. The molecule has 0 saturated carbocycles. The molecule has 0 amide bonds. The van der Waals surface area contributed by atoms with Crippen molar-refractivity contribution in [3.8, 4) is 0 Å². The highest BCUT2D eigenvalue weighted by atomic mass is 79.9. The van der Waals surface area contributed by atoms with Gasteiger partial charge in [-0.25, -0.2) is 17.6 Å². The summed E-state index contributed by atoms with van der Waals surface area (Å²) in [6.07, 6.45) is 0. The van der Waals surface area contributed by atoms with Crippen LogP contribution in [0.25, 0.3) is 0 Å². The van der Waals surface area contributed by atoms with Gasteiger partial charge < -0.3 is 5.11 Å². The zero-order valence-corrected chi connectivity index (χ0v) is 13.0. The normalized spacial score (nSPS) is 11.3. The second kappa shape index (κ2) is 5.95. The number of aromatic carboxylic acids is 1. The number of hydrogen-bond donors (Lipinski definition) is 1. The minimum atomic E-state index is -3.75. The average molecular weight is 373 g/mol. The van der Waals surface area contributed by atoms with E-state index in [0.29, 0.717) is 5.56 Å². The minimum absolute atomic E-state index is 0.105. The Balaban J connectivity index is 2.41. The lowest BCUT2D eigenvalue weighted by atomic mass is 10.2. The van der Waals surface area contributed by atoms with Crippen LogP contribution in [0.2, 0.25) is 0 Å². The predicted octanol–water partition coefficient (Wildman–Crippen LogP) is 3.26. The molecule has 110 valence electrons. The zero-order chi connectivity index (χ0) is 15.6. The van der Waals surface area contributed by atoms with Crippen LogP contribution in [0.4, 0.5) is 4.39 Å². The molecule has 0 aliphatic rings. The standard InChI is InChI=1S/C14H10BrFO4S/c15-12-6-3-10(14(17)18)7-13(12)21(19,20)8-9-1-4-11(16)5-2-9/h1-7H,8H2,(H,17,18). The third kappa shape index (κ3) is 3.68. The van der Waals surface area contributed by atoms with E-state index in [1.54, 1.807) is 0 Å². The summed E-state index contributed by atoms with van der Waals surface area (Å²) in [7, 11) is -3.75. The molecule has 0 bridgehead atoms. The van der Waals surface area contributed by atoms with Crippen molar-refractivity contribution in [1.82, 2.24) is 0 Å². The molecule has 0 radical (unpaired) electrons. The fourth-order valence-corrected chi connectivity index (χ4v) is 4.20. The highest BCUT2D eigenvalue weighted by Gasteiger charge is 2.20. The Labute approximate surface area is 129 Å². The maximum atomic E-state index is 12.8. The van der Waals surface area contributed by atoms with Crippen LogP contribution in [0.1, 0.15) is 15.9 Å². The van der Waals surface area contributed by atoms with Gasteiger partial charge >= 0.3 is 5.97 Å².